The maximum Gasteiger partial charge on any atom is 0.194 e. The summed E-state index contributed by atoms with van der Waals surface area (Å²) in [4.78, 5) is 16.7. The van der Waals surface area contributed by atoms with Gasteiger partial charge in [-0.05, 0) is 23.6 Å². The van der Waals surface area contributed by atoms with Gasteiger partial charge in [-0.1, -0.05) is 54.6 Å². The molecule has 0 aliphatic heterocycles. The van der Waals surface area contributed by atoms with Crippen molar-refractivity contribution >= 4 is 22.6 Å². The summed E-state index contributed by atoms with van der Waals surface area (Å²) in [5.41, 5.74) is 5.86. The molecule has 0 aliphatic carbocycles. The fourth-order valence-electron chi connectivity index (χ4n) is 2.79. The van der Waals surface area contributed by atoms with Crippen molar-refractivity contribution in [3.63, 3.8) is 0 Å². The van der Waals surface area contributed by atoms with Gasteiger partial charge in [-0.15, -0.1) is 11.3 Å². The third kappa shape index (κ3) is 2.28. The monoisotopic (exact) mass is 318 g/mol. The molecule has 0 saturated heterocycles. The van der Waals surface area contributed by atoms with E-state index in [9.17, 15) is 4.79 Å². The number of thiazole rings is 1. The highest BCUT2D eigenvalue weighted by molar-refractivity contribution is 7.15. The molecule has 23 heavy (non-hydrogen) atoms. The minimum absolute atomic E-state index is 0.628. The molecular weight excluding hydrogens is 304 g/mol. The van der Waals surface area contributed by atoms with E-state index in [1.807, 2.05) is 34.9 Å². The smallest absolute Gasteiger partial charge is 0.194 e. The average molecular weight is 318 g/mol. The lowest BCUT2D eigenvalue weighted by molar-refractivity contribution is 0.111. The summed E-state index contributed by atoms with van der Waals surface area (Å²) in [7, 11) is 0. The Labute approximate surface area is 137 Å². The summed E-state index contributed by atoms with van der Waals surface area (Å²) >= 11 is 1.55. The Morgan fingerprint density at radius 2 is 1.61 bits per heavy atom. The Balaban J connectivity index is 1.81. The fourth-order valence-corrected chi connectivity index (χ4v) is 3.74. The van der Waals surface area contributed by atoms with Gasteiger partial charge in [-0.3, -0.25) is 9.20 Å². The minimum atomic E-state index is 0.628. The van der Waals surface area contributed by atoms with E-state index < -0.39 is 0 Å². The summed E-state index contributed by atoms with van der Waals surface area (Å²) in [6.45, 7) is 1.87. The highest BCUT2D eigenvalue weighted by Crippen LogP contribution is 2.30. The van der Waals surface area contributed by atoms with E-state index in [0.29, 0.717) is 5.69 Å². The molecule has 112 valence electrons. The third-order valence-electron chi connectivity index (χ3n) is 3.98. The molecule has 0 spiro atoms. The Bertz CT molecular complexity index is 982. The van der Waals surface area contributed by atoms with Crippen molar-refractivity contribution in [2.75, 3.05) is 0 Å². The zero-order valence-electron chi connectivity index (χ0n) is 12.6. The van der Waals surface area contributed by atoms with E-state index in [-0.39, 0.29) is 0 Å². The first-order valence-corrected chi connectivity index (χ1v) is 8.23. The van der Waals surface area contributed by atoms with Gasteiger partial charge in [0.05, 0.1) is 11.4 Å². The molecule has 3 nitrogen and oxygen atoms in total. The van der Waals surface area contributed by atoms with Gasteiger partial charge in [0.25, 0.3) is 0 Å². The molecule has 0 amide bonds. The molecule has 0 N–H and O–H groups in total. The van der Waals surface area contributed by atoms with Gasteiger partial charge in [0.1, 0.15) is 5.69 Å². The summed E-state index contributed by atoms with van der Waals surface area (Å²) < 4.78 is 1.94. The Morgan fingerprint density at radius 1 is 0.957 bits per heavy atom. The van der Waals surface area contributed by atoms with Crippen LogP contribution in [0.2, 0.25) is 0 Å². The van der Waals surface area contributed by atoms with Crippen LogP contribution >= 0.6 is 11.3 Å². The van der Waals surface area contributed by atoms with E-state index in [1.54, 1.807) is 11.3 Å². The molecule has 0 unspecified atom stereocenters. The first kappa shape index (κ1) is 13.9. The number of aldehydes is 1. The molecule has 4 aromatic rings. The summed E-state index contributed by atoms with van der Waals surface area (Å²) in [6, 6.07) is 18.7. The van der Waals surface area contributed by atoms with Gasteiger partial charge in [-0.25, -0.2) is 4.98 Å². The largest absolute Gasteiger partial charge is 0.296 e. The molecule has 2 aromatic heterocycles. The maximum absolute atomic E-state index is 11.4. The summed E-state index contributed by atoms with van der Waals surface area (Å²) in [5, 5.41) is 2.05. The van der Waals surface area contributed by atoms with Crippen molar-refractivity contribution in [2.24, 2.45) is 0 Å². The number of carbonyl (C=O) groups is 1. The van der Waals surface area contributed by atoms with Crippen LogP contribution < -0.4 is 0 Å². The molecule has 2 heterocycles. The lowest BCUT2D eigenvalue weighted by Crippen LogP contribution is -1.93. The lowest BCUT2D eigenvalue weighted by atomic mass is 10.0. The van der Waals surface area contributed by atoms with Crippen LogP contribution in [0.4, 0.5) is 0 Å². The van der Waals surface area contributed by atoms with E-state index in [4.69, 9.17) is 0 Å². The minimum Gasteiger partial charge on any atom is -0.296 e. The van der Waals surface area contributed by atoms with Gasteiger partial charge in [-0.2, -0.15) is 0 Å². The number of aryl methyl sites for hydroxylation is 1. The van der Waals surface area contributed by atoms with Crippen molar-refractivity contribution in [2.45, 2.75) is 6.92 Å². The fraction of sp³-hybridized carbons (Fsp3) is 0.0526. The first-order chi connectivity index (χ1) is 11.3. The third-order valence-corrected chi connectivity index (χ3v) is 4.81. The second kappa shape index (κ2) is 5.48. The predicted molar refractivity (Wildman–Crippen MR) is 94.1 cm³/mol. The van der Waals surface area contributed by atoms with Crippen LogP contribution in [-0.2, 0) is 0 Å². The van der Waals surface area contributed by atoms with Gasteiger partial charge < -0.3 is 0 Å². The SMILES string of the molecule is Cc1nc2scc(-c3ccc(-c4ccccc4)cc3)n2c1C=O. The number of carbonyl (C=O) groups excluding carboxylic acids is 1. The molecule has 0 saturated carbocycles. The highest BCUT2D eigenvalue weighted by Gasteiger charge is 2.14. The van der Waals surface area contributed by atoms with Crippen molar-refractivity contribution in [3.8, 4) is 22.4 Å². The van der Waals surface area contributed by atoms with Crippen LogP contribution in [0.1, 0.15) is 16.2 Å². The second-order valence-electron chi connectivity index (χ2n) is 5.38. The number of nitrogens with zero attached hydrogens (tertiary/aromatic N) is 2. The molecule has 4 heteroatoms. The van der Waals surface area contributed by atoms with E-state index in [2.05, 4.69) is 41.4 Å². The Morgan fingerprint density at radius 3 is 2.30 bits per heavy atom. The summed E-state index contributed by atoms with van der Waals surface area (Å²) in [5.74, 6) is 0. The molecule has 0 fully saturated rings. The topological polar surface area (TPSA) is 34.4 Å². The van der Waals surface area contributed by atoms with Gasteiger partial charge in [0.15, 0.2) is 11.2 Å². The van der Waals surface area contributed by atoms with Crippen LogP contribution in [0, 0.1) is 6.92 Å². The number of rotatable bonds is 3. The van der Waals surface area contributed by atoms with Crippen molar-refractivity contribution in [1.82, 2.24) is 9.38 Å². The van der Waals surface area contributed by atoms with Crippen LogP contribution in [0.3, 0.4) is 0 Å². The standard InChI is InChI=1S/C19H14N2OS/c1-13-17(11-22)21-18(12-23-19(21)20-13)16-9-7-15(8-10-16)14-5-3-2-4-6-14/h2-12H,1H3. The van der Waals surface area contributed by atoms with Crippen LogP contribution in [-0.4, -0.2) is 15.7 Å². The number of hydrogen-bond donors (Lipinski definition) is 0. The highest BCUT2D eigenvalue weighted by atomic mass is 32.1. The molecule has 0 atom stereocenters. The zero-order valence-corrected chi connectivity index (χ0v) is 13.4. The number of aromatic nitrogens is 2. The number of imidazole rings is 1. The number of fused-ring (bicyclic) bond motifs is 1. The van der Waals surface area contributed by atoms with Crippen LogP contribution in [0.25, 0.3) is 27.3 Å². The van der Waals surface area contributed by atoms with Gasteiger partial charge in [0.2, 0.25) is 0 Å². The molecule has 2 aromatic carbocycles. The molecule has 0 aliphatic rings. The molecule has 4 rings (SSSR count). The van der Waals surface area contributed by atoms with E-state index in [0.717, 1.165) is 28.2 Å². The van der Waals surface area contributed by atoms with Crippen LogP contribution in [0.5, 0.6) is 0 Å². The number of hydrogen-bond acceptors (Lipinski definition) is 3. The number of benzene rings is 2. The van der Waals surface area contributed by atoms with Gasteiger partial charge >= 0.3 is 0 Å². The first-order valence-electron chi connectivity index (χ1n) is 7.35. The summed E-state index contributed by atoms with van der Waals surface area (Å²) in [6.07, 6.45) is 0.879. The van der Waals surface area contributed by atoms with E-state index in [1.165, 1.54) is 11.1 Å². The van der Waals surface area contributed by atoms with E-state index >= 15 is 0 Å². The van der Waals surface area contributed by atoms with Crippen LogP contribution in [0.15, 0.2) is 60.0 Å². The quantitative estimate of drug-likeness (QED) is 0.506. The normalized spacial score (nSPS) is 11.0. The van der Waals surface area contributed by atoms with Gasteiger partial charge in [0, 0.05) is 5.38 Å². The average Bonchev–Trinajstić information content (AvgIpc) is 3.13. The second-order valence-corrected chi connectivity index (χ2v) is 6.22. The molecular formula is C19H14N2OS. The van der Waals surface area contributed by atoms with Crippen molar-refractivity contribution in [3.05, 3.63) is 71.4 Å². The lowest BCUT2D eigenvalue weighted by Gasteiger charge is -2.05. The Hall–Kier alpha value is -2.72. The maximum atomic E-state index is 11.4. The van der Waals surface area contributed by atoms with Crippen molar-refractivity contribution < 1.29 is 4.79 Å². The molecule has 0 radical (unpaired) electrons. The molecule has 0 bridgehead atoms. The zero-order chi connectivity index (χ0) is 15.8. The Kier molecular flexibility index (Phi) is 3.32. The predicted octanol–water partition coefficient (Wildman–Crippen LogP) is 4.85. The van der Waals surface area contributed by atoms with Crippen molar-refractivity contribution in [1.29, 1.82) is 0 Å².